The van der Waals surface area contributed by atoms with Gasteiger partial charge in [0.1, 0.15) is 5.82 Å². The Labute approximate surface area is 125 Å². The highest BCUT2D eigenvalue weighted by atomic mass is 19.1. The third-order valence-corrected chi connectivity index (χ3v) is 3.68. The number of hydrogen-bond donors (Lipinski definition) is 1. The summed E-state index contributed by atoms with van der Waals surface area (Å²) in [5.74, 6) is 5.05. The third-order valence-electron chi connectivity index (χ3n) is 3.68. The molecule has 1 heterocycles. The highest BCUT2D eigenvalue weighted by Crippen LogP contribution is 2.17. The maximum absolute atomic E-state index is 13.4. The van der Waals surface area contributed by atoms with Crippen LogP contribution < -0.4 is 5.73 Å². The zero-order valence-corrected chi connectivity index (χ0v) is 12.2. The molecule has 4 heteroatoms. The standard InChI is InChI=1S/C17H21FN2O/c18-15-8-9-16(14(13-15)7-6-10-19)17(21)20-11-4-2-1-3-5-12-20/h8-9,13H,1-5,10-12,19H2. The van der Waals surface area contributed by atoms with E-state index in [2.05, 4.69) is 11.8 Å². The molecule has 0 aliphatic carbocycles. The van der Waals surface area contributed by atoms with Crippen LogP contribution in [0.3, 0.4) is 0 Å². The molecule has 112 valence electrons. The molecule has 0 bridgehead atoms. The van der Waals surface area contributed by atoms with Gasteiger partial charge in [0, 0.05) is 18.7 Å². The highest BCUT2D eigenvalue weighted by molar-refractivity contribution is 5.96. The van der Waals surface area contributed by atoms with E-state index in [1.54, 1.807) is 0 Å². The number of carbonyl (C=O) groups excluding carboxylic acids is 1. The monoisotopic (exact) mass is 288 g/mol. The number of nitrogens with two attached hydrogens (primary N) is 1. The van der Waals surface area contributed by atoms with Gasteiger partial charge in [0.25, 0.3) is 5.91 Å². The Hall–Kier alpha value is -1.86. The number of amides is 1. The van der Waals surface area contributed by atoms with Gasteiger partial charge in [-0.15, -0.1) is 0 Å². The van der Waals surface area contributed by atoms with Crippen LogP contribution in [0, 0.1) is 17.7 Å². The SMILES string of the molecule is NCC#Cc1cc(F)ccc1C(=O)N1CCCCCCC1. The average molecular weight is 288 g/mol. The Bertz CT molecular complexity index is 552. The van der Waals surface area contributed by atoms with Gasteiger partial charge in [0.15, 0.2) is 0 Å². The van der Waals surface area contributed by atoms with E-state index in [-0.39, 0.29) is 18.3 Å². The van der Waals surface area contributed by atoms with Crippen molar-refractivity contribution in [3.05, 3.63) is 35.1 Å². The molecular formula is C17H21FN2O. The summed E-state index contributed by atoms with van der Waals surface area (Å²) in [6.07, 6.45) is 5.61. The van der Waals surface area contributed by atoms with Crippen LogP contribution in [0.1, 0.15) is 48.0 Å². The smallest absolute Gasteiger partial charge is 0.255 e. The predicted octanol–water partition coefficient (Wildman–Crippen LogP) is 2.54. The molecule has 1 aliphatic rings. The minimum Gasteiger partial charge on any atom is -0.339 e. The Balaban J connectivity index is 2.24. The summed E-state index contributed by atoms with van der Waals surface area (Å²) >= 11 is 0. The molecule has 1 aromatic rings. The van der Waals surface area contributed by atoms with E-state index in [9.17, 15) is 9.18 Å². The molecule has 0 unspecified atom stereocenters. The van der Waals surface area contributed by atoms with Crippen LogP contribution in [-0.2, 0) is 0 Å². The van der Waals surface area contributed by atoms with Crippen molar-refractivity contribution in [2.45, 2.75) is 32.1 Å². The number of carbonyl (C=O) groups is 1. The lowest BCUT2D eigenvalue weighted by Gasteiger charge is -2.25. The van der Waals surface area contributed by atoms with Gasteiger partial charge in [0.05, 0.1) is 12.1 Å². The molecule has 0 radical (unpaired) electrons. The van der Waals surface area contributed by atoms with Gasteiger partial charge in [-0.05, 0) is 31.0 Å². The Kier molecular flexibility index (Phi) is 5.77. The molecule has 3 nitrogen and oxygen atoms in total. The van der Waals surface area contributed by atoms with Gasteiger partial charge in [0.2, 0.25) is 0 Å². The molecule has 0 atom stereocenters. The average Bonchev–Trinajstić information content (AvgIpc) is 2.44. The number of hydrogen-bond acceptors (Lipinski definition) is 2. The van der Waals surface area contributed by atoms with Crippen molar-refractivity contribution in [3.8, 4) is 11.8 Å². The van der Waals surface area contributed by atoms with Crippen LogP contribution in [0.15, 0.2) is 18.2 Å². The molecule has 1 fully saturated rings. The van der Waals surface area contributed by atoms with Gasteiger partial charge in [-0.1, -0.05) is 31.1 Å². The zero-order valence-electron chi connectivity index (χ0n) is 12.2. The Morgan fingerprint density at radius 2 is 1.86 bits per heavy atom. The number of halogens is 1. The summed E-state index contributed by atoms with van der Waals surface area (Å²) in [5.41, 5.74) is 6.25. The van der Waals surface area contributed by atoms with Gasteiger partial charge >= 0.3 is 0 Å². The molecule has 0 spiro atoms. The minimum atomic E-state index is -0.388. The lowest BCUT2D eigenvalue weighted by atomic mass is 10.0. The van der Waals surface area contributed by atoms with Crippen molar-refractivity contribution in [1.29, 1.82) is 0 Å². The number of rotatable bonds is 1. The second kappa shape index (κ2) is 7.80. The van der Waals surface area contributed by atoms with Crippen molar-refractivity contribution in [2.75, 3.05) is 19.6 Å². The summed E-state index contributed by atoms with van der Waals surface area (Å²) in [7, 11) is 0. The molecule has 1 amide bonds. The van der Waals surface area contributed by atoms with Crippen LogP contribution >= 0.6 is 0 Å². The molecule has 0 saturated carbocycles. The van der Waals surface area contributed by atoms with Gasteiger partial charge in [-0.2, -0.15) is 0 Å². The second-order valence-corrected chi connectivity index (χ2v) is 5.26. The molecule has 1 saturated heterocycles. The lowest BCUT2D eigenvalue weighted by molar-refractivity contribution is 0.0742. The van der Waals surface area contributed by atoms with Crippen molar-refractivity contribution < 1.29 is 9.18 Å². The Morgan fingerprint density at radius 3 is 2.52 bits per heavy atom. The maximum atomic E-state index is 13.4. The number of nitrogens with zero attached hydrogens (tertiary/aromatic N) is 1. The zero-order chi connectivity index (χ0) is 15.1. The topological polar surface area (TPSA) is 46.3 Å². The predicted molar refractivity (Wildman–Crippen MR) is 81.3 cm³/mol. The minimum absolute atomic E-state index is 0.0572. The fourth-order valence-electron chi connectivity index (χ4n) is 2.57. The Morgan fingerprint density at radius 1 is 1.19 bits per heavy atom. The fraction of sp³-hybridized carbons (Fsp3) is 0.471. The van der Waals surface area contributed by atoms with Crippen LogP contribution in [0.25, 0.3) is 0 Å². The van der Waals surface area contributed by atoms with Crippen molar-refractivity contribution in [2.24, 2.45) is 5.73 Å². The van der Waals surface area contributed by atoms with E-state index in [4.69, 9.17) is 5.73 Å². The molecule has 1 aliphatic heterocycles. The van der Waals surface area contributed by atoms with E-state index < -0.39 is 0 Å². The quantitative estimate of drug-likeness (QED) is 0.807. The van der Waals surface area contributed by atoms with Crippen LogP contribution in [0.5, 0.6) is 0 Å². The lowest BCUT2D eigenvalue weighted by Crippen LogP contribution is -2.34. The molecule has 2 N–H and O–H groups in total. The van der Waals surface area contributed by atoms with Crippen LogP contribution in [-0.4, -0.2) is 30.4 Å². The highest BCUT2D eigenvalue weighted by Gasteiger charge is 2.19. The van der Waals surface area contributed by atoms with Crippen LogP contribution in [0.4, 0.5) is 4.39 Å². The van der Waals surface area contributed by atoms with E-state index >= 15 is 0 Å². The second-order valence-electron chi connectivity index (χ2n) is 5.26. The van der Waals surface area contributed by atoms with Crippen molar-refractivity contribution in [3.63, 3.8) is 0 Å². The van der Waals surface area contributed by atoms with Gasteiger partial charge in [-0.25, -0.2) is 4.39 Å². The summed E-state index contributed by atoms with van der Waals surface area (Å²) in [5, 5.41) is 0. The molecular weight excluding hydrogens is 267 g/mol. The summed E-state index contributed by atoms with van der Waals surface area (Å²) in [4.78, 5) is 14.5. The first kappa shape index (κ1) is 15.5. The first-order valence-electron chi connectivity index (χ1n) is 7.50. The number of likely N-dealkylation sites (tertiary alicyclic amines) is 1. The molecule has 1 aromatic carbocycles. The maximum Gasteiger partial charge on any atom is 0.255 e. The molecule has 21 heavy (non-hydrogen) atoms. The van der Waals surface area contributed by atoms with E-state index in [1.807, 2.05) is 4.90 Å². The first-order chi connectivity index (χ1) is 10.2. The van der Waals surface area contributed by atoms with Crippen LogP contribution in [0.2, 0.25) is 0 Å². The van der Waals surface area contributed by atoms with Crippen molar-refractivity contribution in [1.82, 2.24) is 4.90 Å². The van der Waals surface area contributed by atoms with E-state index in [0.29, 0.717) is 11.1 Å². The summed E-state index contributed by atoms with van der Waals surface area (Å²) in [6, 6.07) is 4.14. The largest absolute Gasteiger partial charge is 0.339 e. The fourth-order valence-corrected chi connectivity index (χ4v) is 2.57. The first-order valence-corrected chi connectivity index (χ1v) is 7.50. The normalized spacial score (nSPS) is 15.6. The van der Waals surface area contributed by atoms with Crippen molar-refractivity contribution >= 4 is 5.91 Å². The van der Waals surface area contributed by atoms with Gasteiger partial charge in [-0.3, -0.25) is 4.79 Å². The molecule has 0 aromatic heterocycles. The van der Waals surface area contributed by atoms with E-state index in [1.165, 1.54) is 24.6 Å². The summed E-state index contributed by atoms with van der Waals surface area (Å²) < 4.78 is 13.4. The van der Waals surface area contributed by atoms with Gasteiger partial charge < -0.3 is 10.6 Å². The van der Waals surface area contributed by atoms with E-state index in [0.717, 1.165) is 38.8 Å². The summed E-state index contributed by atoms with van der Waals surface area (Å²) in [6.45, 7) is 1.72. The third kappa shape index (κ3) is 4.30. The molecule has 2 rings (SSSR count). The number of benzene rings is 1.